The van der Waals surface area contributed by atoms with E-state index >= 15 is 0 Å². The van der Waals surface area contributed by atoms with Crippen molar-refractivity contribution in [1.82, 2.24) is 0 Å². The largest absolute Gasteiger partial charge is 0.394 e. The predicted octanol–water partition coefficient (Wildman–Crippen LogP) is -0.512. The molecule has 5 heteroatoms. The lowest BCUT2D eigenvalue weighted by atomic mass is 10.0. The summed E-state index contributed by atoms with van der Waals surface area (Å²) in [6.45, 7) is 3.68. The molecule has 86 valence electrons. The molecule has 0 saturated carbocycles. The molecular formula is C9H20O5. The minimum atomic E-state index is -1.03. The Labute approximate surface area is 84.3 Å². The molecule has 1 aliphatic heterocycles. The van der Waals surface area contributed by atoms with Crippen LogP contribution in [0.3, 0.4) is 0 Å². The molecular weight excluding hydrogens is 188 g/mol. The Bertz CT molecular complexity index is 141. The molecule has 1 saturated heterocycles. The number of ether oxygens (including phenoxy) is 2. The van der Waals surface area contributed by atoms with E-state index in [0.29, 0.717) is 0 Å². The smallest absolute Gasteiger partial charge is 0.160 e. The second-order valence-electron chi connectivity index (χ2n) is 2.82. The summed E-state index contributed by atoms with van der Waals surface area (Å²) in [4.78, 5) is 0. The zero-order chi connectivity index (χ0) is 11.1. The van der Waals surface area contributed by atoms with Crippen LogP contribution in [-0.4, -0.2) is 53.6 Å². The molecule has 4 atom stereocenters. The van der Waals surface area contributed by atoms with Crippen molar-refractivity contribution >= 4 is 0 Å². The highest BCUT2D eigenvalue weighted by Gasteiger charge is 2.36. The van der Waals surface area contributed by atoms with E-state index in [1.807, 2.05) is 13.8 Å². The fourth-order valence-electron chi connectivity index (χ4n) is 1.22. The molecule has 0 aromatic rings. The number of aliphatic hydroxyl groups is 3. The Balaban J connectivity index is 0.000000791. The summed E-state index contributed by atoms with van der Waals surface area (Å²) in [6, 6.07) is 0. The van der Waals surface area contributed by atoms with E-state index in [-0.39, 0.29) is 13.0 Å². The van der Waals surface area contributed by atoms with Crippen LogP contribution >= 0.6 is 0 Å². The minimum absolute atomic E-state index is 0.230. The number of methoxy groups -OCH3 is 1. The Hall–Kier alpha value is -0.200. The van der Waals surface area contributed by atoms with Gasteiger partial charge in [-0.1, -0.05) is 13.8 Å². The fraction of sp³-hybridized carbons (Fsp3) is 1.00. The highest BCUT2D eigenvalue weighted by atomic mass is 16.7. The summed E-state index contributed by atoms with van der Waals surface area (Å²) in [5.74, 6) is 0. The molecule has 0 radical (unpaired) electrons. The van der Waals surface area contributed by atoms with Crippen molar-refractivity contribution in [1.29, 1.82) is 0 Å². The van der Waals surface area contributed by atoms with Crippen LogP contribution in [0.15, 0.2) is 0 Å². The molecule has 0 aliphatic carbocycles. The fourth-order valence-corrected chi connectivity index (χ4v) is 1.22. The van der Waals surface area contributed by atoms with Gasteiger partial charge in [-0.2, -0.15) is 0 Å². The van der Waals surface area contributed by atoms with Crippen LogP contribution in [0.5, 0.6) is 0 Å². The Kier molecular flexibility index (Phi) is 7.04. The third-order valence-electron chi connectivity index (χ3n) is 1.98. The molecule has 1 unspecified atom stereocenters. The van der Waals surface area contributed by atoms with Crippen molar-refractivity contribution in [2.45, 2.75) is 44.9 Å². The first-order valence-electron chi connectivity index (χ1n) is 4.84. The van der Waals surface area contributed by atoms with E-state index < -0.39 is 24.6 Å². The van der Waals surface area contributed by atoms with Crippen LogP contribution in [0.2, 0.25) is 0 Å². The van der Waals surface area contributed by atoms with Crippen molar-refractivity contribution in [3.05, 3.63) is 0 Å². The van der Waals surface area contributed by atoms with Gasteiger partial charge in [0, 0.05) is 13.5 Å². The second-order valence-corrected chi connectivity index (χ2v) is 2.82. The Morgan fingerprint density at radius 3 is 2.36 bits per heavy atom. The van der Waals surface area contributed by atoms with Crippen molar-refractivity contribution in [3.63, 3.8) is 0 Å². The van der Waals surface area contributed by atoms with Crippen LogP contribution in [0.4, 0.5) is 0 Å². The first kappa shape index (κ1) is 13.8. The van der Waals surface area contributed by atoms with Crippen LogP contribution in [-0.2, 0) is 9.47 Å². The molecule has 0 amide bonds. The summed E-state index contributed by atoms with van der Waals surface area (Å²) in [5, 5.41) is 27.3. The van der Waals surface area contributed by atoms with Crippen LogP contribution in [0, 0.1) is 0 Å². The van der Waals surface area contributed by atoms with E-state index in [1.54, 1.807) is 0 Å². The van der Waals surface area contributed by atoms with Gasteiger partial charge in [0.1, 0.15) is 12.2 Å². The molecule has 14 heavy (non-hydrogen) atoms. The zero-order valence-corrected chi connectivity index (χ0v) is 8.88. The Morgan fingerprint density at radius 1 is 1.36 bits per heavy atom. The molecule has 0 aromatic carbocycles. The van der Waals surface area contributed by atoms with Gasteiger partial charge < -0.3 is 24.8 Å². The molecule has 5 nitrogen and oxygen atoms in total. The van der Waals surface area contributed by atoms with Crippen LogP contribution < -0.4 is 0 Å². The number of aliphatic hydroxyl groups excluding tert-OH is 3. The van der Waals surface area contributed by atoms with E-state index in [0.717, 1.165) is 0 Å². The SMILES string of the molecule is CC.CO[C@@H]1CC(O)[C@H](O)[C@@H](CO)O1. The van der Waals surface area contributed by atoms with Gasteiger partial charge in [0.2, 0.25) is 0 Å². The second kappa shape index (κ2) is 7.14. The maximum atomic E-state index is 9.26. The summed E-state index contributed by atoms with van der Waals surface area (Å²) < 4.78 is 9.92. The van der Waals surface area contributed by atoms with Crippen molar-refractivity contribution < 1.29 is 24.8 Å². The van der Waals surface area contributed by atoms with Crippen LogP contribution in [0.25, 0.3) is 0 Å². The molecule has 0 bridgehead atoms. The third-order valence-corrected chi connectivity index (χ3v) is 1.98. The molecule has 1 aliphatic rings. The minimum Gasteiger partial charge on any atom is -0.394 e. The van der Waals surface area contributed by atoms with Crippen molar-refractivity contribution in [3.8, 4) is 0 Å². The number of hydrogen-bond donors (Lipinski definition) is 3. The average molecular weight is 208 g/mol. The highest BCUT2D eigenvalue weighted by molar-refractivity contribution is 4.81. The van der Waals surface area contributed by atoms with Gasteiger partial charge in [-0.3, -0.25) is 0 Å². The quantitative estimate of drug-likeness (QED) is 0.569. The summed E-state index contributed by atoms with van der Waals surface area (Å²) >= 11 is 0. The van der Waals surface area contributed by atoms with E-state index in [1.165, 1.54) is 7.11 Å². The topological polar surface area (TPSA) is 79.2 Å². The van der Waals surface area contributed by atoms with E-state index in [4.69, 9.17) is 14.6 Å². The first-order valence-corrected chi connectivity index (χ1v) is 4.84. The normalized spacial score (nSPS) is 37.3. The Morgan fingerprint density at radius 2 is 1.93 bits per heavy atom. The molecule has 3 N–H and O–H groups in total. The first-order chi connectivity index (χ1) is 6.69. The van der Waals surface area contributed by atoms with Gasteiger partial charge in [0.05, 0.1) is 12.7 Å². The molecule has 0 spiro atoms. The zero-order valence-electron chi connectivity index (χ0n) is 8.88. The van der Waals surface area contributed by atoms with E-state index in [9.17, 15) is 10.2 Å². The van der Waals surface area contributed by atoms with Gasteiger partial charge in [0.25, 0.3) is 0 Å². The maximum Gasteiger partial charge on any atom is 0.160 e. The van der Waals surface area contributed by atoms with Gasteiger partial charge >= 0.3 is 0 Å². The lowest BCUT2D eigenvalue weighted by Crippen LogP contribution is -2.50. The standard InChI is InChI=1S/C7H14O5.C2H6/c1-11-6-2-4(9)7(10)5(3-8)12-6;1-2/h4-10H,2-3H2,1H3;1-2H3/t4?,5-,6+,7+;/m1./s1. The van der Waals surface area contributed by atoms with Gasteiger partial charge in [0.15, 0.2) is 6.29 Å². The predicted molar refractivity (Wildman–Crippen MR) is 50.7 cm³/mol. The van der Waals surface area contributed by atoms with Crippen molar-refractivity contribution in [2.75, 3.05) is 13.7 Å². The average Bonchev–Trinajstić information content (AvgIpc) is 2.24. The number of rotatable bonds is 2. The monoisotopic (exact) mass is 208 g/mol. The summed E-state index contributed by atoms with van der Waals surface area (Å²) in [7, 11) is 1.45. The number of hydrogen-bond acceptors (Lipinski definition) is 5. The van der Waals surface area contributed by atoms with Crippen LogP contribution in [0.1, 0.15) is 20.3 Å². The third kappa shape index (κ3) is 3.51. The summed E-state index contributed by atoms with van der Waals surface area (Å²) in [6.07, 6.45) is -2.98. The lowest BCUT2D eigenvalue weighted by molar-refractivity contribution is -0.248. The highest BCUT2D eigenvalue weighted by Crippen LogP contribution is 2.20. The molecule has 1 heterocycles. The maximum absolute atomic E-state index is 9.26. The molecule has 1 fully saturated rings. The van der Waals surface area contributed by atoms with Gasteiger partial charge in [-0.15, -0.1) is 0 Å². The lowest BCUT2D eigenvalue weighted by Gasteiger charge is -2.35. The van der Waals surface area contributed by atoms with E-state index in [2.05, 4.69) is 0 Å². The molecule has 1 rings (SSSR count). The van der Waals surface area contributed by atoms with Gasteiger partial charge in [-0.25, -0.2) is 0 Å². The summed E-state index contributed by atoms with van der Waals surface area (Å²) in [5.41, 5.74) is 0. The van der Waals surface area contributed by atoms with Gasteiger partial charge in [-0.05, 0) is 0 Å². The van der Waals surface area contributed by atoms with Crippen molar-refractivity contribution in [2.24, 2.45) is 0 Å². The molecule has 0 aromatic heterocycles.